The molecule has 0 saturated carbocycles. The highest BCUT2D eigenvalue weighted by atomic mass is 16.5. The summed E-state index contributed by atoms with van der Waals surface area (Å²) in [5.74, 6) is 0.0823. The van der Waals surface area contributed by atoms with Gasteiger partial charge >= 0.3 is 0 Å². The Labute approximate surface area is 120 Å². The van der Waals surface area contributed by atoms with Crippen molar-refractivity contribution in [2.45, 2.75) is 38.1 Å². The van der Waals surface area contributed by atoms with E-state index in [-0.39, 0.29) is 11.4 Å². The number of benzene rings is 1. The van der Waals surface area contributed by atoms with Gasteiger partial charge in [0.25, 0.3) is 0 Å². The van der Waals surface area contributed by atoms with E-state index in [1.54, 1.807) is 0 Å². The van der Waals surface area contributed by atoms with Crippen LogP contribution in [0.25, 0.3) is 0 Å². The van der Waals surface area contributed by atoms with E-state index in [4.69, 9.17) is 10.5 Å². The summed E-state index contributed by atoms with van der Waals surface area (Å²) in [6, 6.07) is 8.28. The number of aryl methyl sites for hydroxylation is 2. The number of amides is 1. The molecule has 1 heterocycles. The first kappa shape index (κ1) is 15.0. The first-order valence-electron chi connectivity index (χ1n) is 7.28. The minimum Gasteiger partial charge on any atom is -0.381 e. The first-order chi connectivity index (χ1) is 9.63. The van der Waals surface area contributed by atoms with Crippen molar-refractivity contribution in [2.24, 2.45) is 5.73 Å². The maximum absolute atomic E-state index is 12.1. The fourth-order valence-electron chi connectivity index (χ4n) is 2.63. The average Bonchev–Trinajstić information content (AvgIpc) is 2.46. The second kappa shape index (κ2) is 6.86. The van der Waals surface area contributed by atoms with Crippen LogP contribution in [0.15, 0.2) is 24.3 Å². The Balaban J connectivity index is 1.85. The number of ether oxygens (including phenoxy) is 1. The zero-order valence-electron chi connectivity index (χ0n) is 12.2. The van der Waals surface area contributed by atoms with Crippen LogP contribution in [0.5, 0.6) is 0 Å². The quantitative estimate of drug-likeness (QED) is 0.857. The Hall–Kier alpha value is -1.39. The topological polar surface area (TPSA) is 64.4 Å². The van der Waals surface area contributed by atoms with Gasteiger partial charge in [-0.3, -0.25) is 4.79 Å². The van der Waals surface area contributed by atoms with Gasteiger partial charge < -0.3 is 15.8 Å². The molecule has 1 amide bonds. The van der Waals surface area contributed by atoms with Crippen LogP contribution < -0.4 is 11.1 Å². The first-order valence-corrected chi connectivity index (χ1v) is 7.28. The number of hydrogen-bond acceptors (Lipinski definition) is 3. The zero-order valence-corrected chi connectivity index (χ0v) is 12.2. The molecule has 2 rings (SSSR count). The van der Waals surface area contributed by atoms with Crippen molar-refractivity contribution < 1.29 is 9.53 Å². The van der Waals surface area contributed by atoms with Gasteiger partial charge in [-0.2, -0.15) is 0 Å². The van der Waals surface area contributed by atoms with Crippen molar-refractivity contribution in [1.29, 1.82) is 0 Å². The Morgan fingerprint density at radius 2 is 2.15 bits per heavy atom. The molecule has 4 heteroatoms. The lowest BCUT2D eigenvalue weighted by Crippen LogP contribution is -2.56. The van der Waals surface area contributed by atoms with Crippen LogP contribution in [-0.4, -0.2) is 31.2 Å². The van der Waals surface area contributed by atoms with Crippen LogP contribution in [0.1, 0.15) is 30.4 Å². The maximum Gasteiger partial charge on any atom is 0.220 e. The van der Waals surface area contributed by atoms with Crippen molar-refractivity contribution in [3.05, 3.63) is 35.4 Å². The van der Waals surface area contributed by atoms with Gasteiger partial charge in [0.2, 0.25) is 5.91 Å². The van der Waals surface area contributed by atoms with Crippen LogP contribution in [0.4, 0.5) is 0 Å². The Morgan fingerprint density at radius 1 is 1.40 bits per heavy atom. The minimum absolute atomic E-state index is 0.0823. The van der Waals surface area contributed by atoms with Gasteiger partial charge in [-0.05, 0) is 31.7 Å². The van der Waals surface area contributed by atoms with E-state index < -0.39 is 0 Å². The van der Waals surface area contributed by atoms with Gasteiger partial charge in [-0.1, -0.05) is 29.8 Å². The number of rotatable bonds is 5. The number of carbonyl (C=O) groups is 1. The lowest BCUT2D eigenvalue weighted by atomic mass is 9.90. The van der Waals surface area contributed by atoms with Crippen LogP contribution in [0.3, 0.4) is 0 Å². The summed E-state index contributed by atoms with van der Waals surface area (Å²) in [4.78, 5) is 12.1. The third kappa shape index (κ3) is 4.05. The van der Waals surface area contributed by atoms with E-state index in [1.807, 2.05) is 6.07 Å². The largest absolute Gasteiger partial charge is 0.381 e. The molecule has 20 heavy (non-hydrogen) atoms. The monoisotopic (exact) mass is 276 g/mol. The second-order valence-electron chi connectivity index (χ2n) is 5.63. The molecular formula is C16H24N2O2. The highest BCUT2D eigenvalue weighted by Gasteiger charge is 2.32. The third-order valence-electron chi connectivity index (χ3n) is 3.97. The van der Waals surface area contributed by atoms with E-state index >= 15 is 0 Å². The lowest BCUT2D eigenvalue weighted by Gasteiger charge is -2.37. The molecule has 4 nitrogen and oxygen atoms in total. The highest BCUT2D eigenvalue weighted by Crippen LogP contribution is 2.19. The maximum atomic E-state index is 12.1. The molecule has 0 aromatic heterocycles. The predicted molar refractivity (Wildman–Crippen MR) is 79.5 cm³/mol. The fourth-order valence-corrected chi connectivity index (χ4v) is 2.63. The number of nitrogens with two attached hydrogens (primary N) is 1. The van der Waals surface area contributed by atoms with Crippen molar-refractivity contribution in [2.75, 3.05) is 19.8 Å². The van der Waals surface area contributed by atoms with Crippen LogP contribution >= 0.6 is 0 Å². The number of nitrogens with one attached hydrogen (secondary N) is 1. The molecule has 0 bridgehead atoms. The number of hydrogen-bond donors (Lipinski definition) is 2. The Bertz CT molecular complexity index is 454. The molecule has 0 unspecified atom stereocenters. The van der Waals surface area contributed by atoms with Gasteiger partial charge in [0, 0.05) is 26.2 Å². The predicted octanol–water partition coefficient (Wildman–Crippen LogP) is 1.55. The Morgan fingerprint density at radius 3 is 2.80 bits per heavy atom. The molecule has 1 aromatic carbocycles. The summed E-state index contributed by atoms with van der Waals surface area (Å²) in [6.45, 7) is 3.90. The standard InChI is InChI=1S/C16H24N2O2/c1-13-3-2-4-14(11-13)5-6-15(19)18-16(12-17)7-9-20-10-8-16/h2-4,11H,5-10,12,17H2,1H3,(H,18,19). The molecule has 0 atom stereocenters. The summed E-state index contributed by atoms with van der Waals surface area (Å²) >= 11 is 0. The summed E-state index contributed by atoms with van der Waals surface area (Å²) in [5, 5.41) is 3.12. The van der Waals surface area contributed by atoms with Crippen LogP contribution in [-0.2, 0) is 16.0 Å². The van der Waals surface area contributed by atoms with Crippen molar-refractivity contribution >= 4 is 5.91 Å². The molecular weight excluding hydrogens is 252 g/mol. The minimum atomic E-state index is -0.262. The highest BCUT2D eigenvalue weighted by molar-refractivity contribution is 5.77. The van der Waals surface area contributed by atoms with Gasteiger partial charge in [-0.25, -0.2) is 0 Å². The molecule has 1 aromatic rings. The SMILES string of the molecule is Cc1cccc(CCC(=O)NC2(CN)CCOCC2)c1. The summed E-state index contributed by atoms with van der Waals surface area (Å²) in [5.41, 5.74) is 8.01. The lowest BCUT2D eigenvalue weighted by molar-refractivity contribution is -0.124. The summed E-state index contributed by atoms with van der Waals surface area (Å²) < 4.78 is 5.34. The van der Waals surface area contributed by atoms with Crippen LogP contribution in [0.2, 0.25) is 0 Å². The van der Waals surface area contributed by atoms with Gasteiger partial charge in [0.1, 0.15) is 0 Å². The molecule has 0 radical (unpaired) electrons. The van der Waals surface area contributed by atoms with E-state index in [0.29, 0.717) is 26.2 Å². The molecule has 110 valence electrons. The normalized spacial score (nSPS) is 17.7. The molecule has 0 spiro atoms. The summed E-state index contributed by atoms with van der Waals surface area (Å²) in [6.07, 6.45) is 2.89. The van der Waals surface area contributed by atoms with Crippen molar-refractivity contribution in [1.82, 2.24) is 5.32 Å². The molecule has 1 aliphatic heterocycles. The molecule has 1 fully saturated rings. The average molecular weight is 276 g/mol. The van der Waals surface area contributed by atoms with Crippen molar-refractivity contribution in [3.63, 3.8) is 0 Å². The smallest absolute Gasteiger partial charge is 0.220 e. The fraction of sp³-hybridized carbons (Fsp3) is 0.562. The number of carbonyl (C=O) groups excluding carboxylic acids is 1. The van der Waals surface area contributed by atoms with E-state index in [9.17, 15) is 4.79 Å². The van der Waals surface area contributed by atoms with Gasteiger partial charge in [-0.15, -0.1) is 0 Å². The molecule has 3 N–H and O–H groups in total. The summed E-state index contributed by atoms with van der Waals surface area (Å²) in [7, 11) is 0. The zero-order chi connectivity index (χ0) is 14.4. The van der Waals surface area contributed by atoms with E-state index in [2.05, 4.69) is 30.4 Å². The van der Waals surface area contributed by atoms with Crippen molar-refractivity contribution in [3.8, 4) is 0 Å². The van der Waals surface area contributed by atoms with E-state index in [1.165, 1.54) is 11.1 Å². The van der Waals surface area contributed by atoms with E-state index in [0.717, 1.165) is 19.3 Å². The third-order valence-corrected chi connectivity index (χ3v) is 3.97. The molecule has 1 aliphatic rings. The van der Waals surface area contributed by atoms with Gasteiger partial charge in [0.15, 0.2) is 0 Å². The van der Waals surface area contributed by atoms with Gasteiger partial charge in [0.05, 0.1) is 5.54 Å². The Kier molecular flexibility index (Phi) is 5.15. The molecule has 0 aliphatic carbocycles. The van der Waals surface area contributed by atoms with Crippen LogP contribution in [0, 0.1) is 6.92 Å². The second-order valence-corrected chi connectivity index (χ2v) is 5.63. The molecule has 1 saturated heterocycles.